The molecule has 1 aromatic heterocycles. The van der Waals surface area contributed by atoms with Gasteiger partial charge in [0.05, 0.1) is 0 Å². The summed E-state index contributed by atoms with van der Waals surface area (Å²) in [5, 5.41) is 9.23. The predicted octanol–water partition coefficient (Wildman–Crippen LogP) is 3.25. The zero-order chi connectivity index (χ0) is 13.2. The van der Waals surface area contributed by atoms with Crippen molar-refractivity contribution in [1.29, 1.82) is 0 Å². The zero-order valence-electron chi connectivity index (χ0n) is 10.5. The number of thioether (sulfide) groups is 1. The highest BCUT2D eigenvalue weighted by molar-refractivity contribution is 7.99. The molecule has 0 spiro atoms. The lowest BCUT2D eigenvalue weighted by Gasteiger charge is -2.00. The summed E-state index contributed by atoms with van der Waals surface area (Å²) < 4.78 is 0. The Kier molecular flexibility index (Phi) is 7.10. The van der Waals surface area contributed by atoms with Crippen molar-refractivity contribution in [2.75, 3.05) is 5.75 Å². The fraction of sp³-hybridized carbons (Fsp3) is 0.462. The Balaban J connectivity index is 2.34. The molecule has 0 amide bonds. The Morgan fingerprint density at radius 2 is 2.06 bits per heavy atom. The molecule has 0 aliphatic heterocycles. The minimum Gasteiger partial charge on any atom is -0.478 e. The van der Waals surface area contributed by atoms with E-state index in [1.807, 2.05) is 0 Å². The molecule has 0 bridgehead atoms. The second-order valence-electron chi connectivity index (χ2n) is 3.88. The summed E-state index contributed by atoms with van der Waals surface area (Å²) in [5.41, 5.74) is 0.702. The molecular formula is C13H18N2O2S. The Bertz CT molecular complexity index is 390. The van der Waals surface area contributed by atoms with Gasteiger partial charge in [0.25, 0.3) is 0 Å². The minimum atomic E-state index is -0.968. The fourth-order valence-corrected chi connectivity index (χ4v) is 2.13. The molecule has 0 aromatic carbocycles. The van der Waals surface area contributed by atoms with E-state index in [0.717, 1.165) is 17.0 Å². The fourth-order valence-electron chi connectivity index (χ4n) is 1.35. The average Bonchev–Trinajstić information content (AvgIpc) is 2.37. The maximum atomic E-state index is 10.3. The van der Waals surface area contributed by atoms with Gasteiger partial charge in [-0.15, -0.1) is 0 Å². The first-order valence-electron chi connectivity index (χ1n) is 6.08. The average molecular weight is 266 g/mol. The maximum Gasteiger partial charge on any atom is 0.328 e. The van der Waals surface area contributed by atoms with Crippen molar-refractivity contribution >= 4 is 23.8 Å². The number of carbonyl (C=O) groups is 1. The van der Waals surface area contributed by atoms with Crippen molar-refractivity contribution in [3.05, 3.63) is 24.0 Å². The molecule has 98 valence electrons. The summed E-state index contributed by atoms with van der Waals surface area (Å²) in [6.45, 7) is 2.19. The minimum absolute atomic E-state index is 0.702. The molecule has 0 saturated carbocycles. The summed E-state index contributed by atoms with van der Waals surface area (Å²) in [5.74, 6) is 0.0639. The Hall–Kier alpha value is -1.36. The van der Waals surface area contributed by atoms with Crippen LogP contribution in [0.1, 0.15) is 38.2 Å². The lowest BCUT2D eigenvalue weighted by atomic mass is 10.2. The van der Waals surface area contributed by atoms with Gasteiger partial charge in [0.1, 0.15) is 0 Å². The highest BCUT2D eigenvalue weighted by atomic mass is 32.2. The van der Waals surface area contributed by atoms with Gasteiger partial charge in [-0.2, -0.15) is 0 Å². The van der Waals surface area contributed by atoms with Gasteiger partial charge in [-0.25, -0.2) is 14.8 Å². The topological polar surface area (TPSA) is 63.1 Å². The van der Waals surface area contributed by atoms with E-state index < -0.39 is 5.97 Å². The van der Waals surface area contributed by atoms with Crippen LogP contribution in [0.4, 0.5) is 0 Å². The molecule has 5 heteroatoms. The van der Waals surface area contributed by atoms with E-state index in [-0.39, 0.29) is 0 Å². The van der Waals surface area contributed by atoms with Gasteiger partial charge in [-0.1, -0.05) is 37.9 Å². The normalized spacial score (nSPS) is 10.9. The third-order valence-corrected chi connectivity index (χ3v) is 3.26. The predicted molar refractivity (Wildman–Crippen MR) is 73.6 cm³/mol. The highest BCUT2D eigenvalue weighted by Crippen LogP contribution is 2.15. The summed E-state index contributed by atoms with van der Waals surface area (Å²) in [4.78, 5) is 18.7. The van der Waals surface area contributed by atoms with Crippen LogP contribution in [0, 0.1) is 0 Å². The van der Waals surface area contributed by atoms with Gasteiger partial charge in [0.15, 0.2) is 5.16 Å². The Morgan fingerprint density at radius 1 is 1.33 bits per heavy atom. The van der Waals surface area contributed by atoms with E-state index >= 15 is 0 Å². The van der Waals surface area contributed by atoms with Crippen molar-refractivity contribution < 1.29 is 9.90 Å². The molecule has 0 unspecified atom stereocenters. The lowest BCUT2D eigenvalue weighted by molar-refractivity contribution is -0.131. The van der Waals surface area contributed by atoms with Gasteiger partial charge >= 0.3 is 5.97 Å². The number of carboxylic acid groups (broad SMARTS) is 1. The van der Waals surface area contributed by atoms with E-state index in [0.29, 0.717) is 5.56 Å². The highest BCUT2D eigenvalue weighted by Gasteiger charge is 1.98. The first-order chi connectivity index (χ1) is 8.72. The molecule has 1 rings (SSSR count). The van der Waals surface area contributed by atoms with E-state index in [1.165, 1.54) is 31.8 Å². The van der Waals surface area contributed by atoms with Gasteiger partial charge in [0.2, 0.25) is 0 Å². The third-order valence-electron chi connectivity index (χ3n) is 2.30. The van der Waals surface area contributed by atoms with Crippen molar-refractivity contribution in [1.82, 2.24) is 9.97 Å². The zero-order valence-corrected chi connectivity index (χ0v) is 11.3. The summed E-state index contributed by atoms with van der Waals surface area (Å²) in [7, 11) is 0. The lowest BCUT2D eigenvalue weighted by Crippen LogP contribution is -1.90. The van der Waals surface area contributed by atoms with E-state index in [2.05, 4.69) is 16.9 Å². The van der Waals surface area contributed by atoms with Crippen molar-refractivity contribution in [3.63, 3.8) is 0 Å². The molecule has 1 aromatic rings. The molecule has 0 atom stereocenters. The summed E-state index contributed by atoms with van der Waals surface area (Å²) in [6, 6.07) is 0. The van der Waals surface area contributed by atoms with Crippen molar-refractivity contribution in [2.24, 2.45) is 0 Å². The van der Waals surface area contributed by atoms with Crippen molar-refractivity contribution in [3.8, 4) is 0 Å². The van der Waals surface area contributed by atoms with Crippen LogP contribution in [-0.2, 0) is 4.79 Å². The van der Waals surface area contributed by atoms with Crippen molar-refractivity contribution in [2.45, 2.75) is 37.8 Å². The van der Waals surface area contributed by atoms with E-state index in [4.69, 9.17) is 5.11 Å². The molecule has 0 aliphatic rings. The number of unbranched alkanes of at least 4 members (excludes halogenated alkanes) is 3. The van der Waals surface area contributed by atoms with Crippen LogP contribution < -0.4 is 0 Å². The molecule has 18 heavy (non-hydrogen) atoms. The van der Waals surface area contributed by atoms with Crippen LogP contribution in [0.2, 0.25) is 0 Å². The molecule has 0 aliphatic carbocycles. The number of nitrogens with zero attached hydrogens (tertiary/aromatic N) is 2. The van der Waals surface area contributed by atoms with Gasteiger partial charge in [0, 0.05) is 29.8 Å². The Morgan fingerprint density at radius 3 is 2.67 bits per heavy atom. The first-order valence-corrected chi connectivity index (χ1v) is 7.06. The van der Waals surface area contributed by atoms with Gasteiger partial charge < -0.3 is 5.11 Å². The molecular weight excluding hydrogens is 248 g/mol. The molecule has 1 N–H and O–H groups in total. The summed E-state index contributed by atoms with van der Waals surface area (Å²) in [6.07, 6.45) is 10.8. The van der Waals surface area contributed by atoms with E-state index in [1.54, 1.807) is 24.2 Å². The number of hydrogen-bond donors (Lipinski definition) is 1. The van der Waals surface area contributed by atoms with Crippen LogP contribution in [0.3, 0.4) is 0 Å². The monoisotopic (exact) mass is 266 g/mol. The first kappa shape index (κ1) is 14.7. The van der Waals surface area contributed by atoms with Crippen LogP contribution in [0.25, 0.3) is 6.08 Å². The molecule has 0 fully saturated rings. The second-order valence-corrected chi connectivity index (χ2v) is 4.94. The number of hydrogen-bond acceptors (Lipinski definition) is 4. The van der Waals surface area contributed by atoms with Gasteiger partial charge in [-0.3, -0.25) is 0 Å². The molecule has 1 heterocycles. The standard InChI is InChI=1S/C13H18N2O2S/c1-2-3-4-5-8-18-13-14-9-11(10-15-13)6-7-12(16)17/h6-7,9-10H,2-5,8H2,1H3,(H,16,17)/b7-6+. The van der Waals surface area contributed by atoms with Crippen LogP contribution in [0.15, 0.2) is 23.6 Å². The van der Waals surface area contributed by atoms with E-state index in [9.17, 15) is 4.79 Å². The van der Waals surface area contributed by atoms with Crippen LogP contribution >= 0.6 is 11.8 Å². The Labute approximate surface area is 112 Å². The van der Waals surface area contributed by atoms with Crippen LogP contribution in [-0.4, -0.2) is 26.8 Å². The second kappa shape index (κ2) is 8.69. The quantitative estimate of drug-likeness (QED) is 0.339. The largest absolute Gasteiger partial charge is 0.478 e. The number of aliphatic carboxylic acids is 1. The number of carboxylic acids is 1. The maximum absolute atomic E-state index is 10.3. The molecule has 0 saturated heterocycles. The SMILES string of the molecule is CCCCCCSc1ncc(/C=C/C(=O)O)cn1. The smallest absolute Gasteiger partial charge is 0.328 e. The molecule has 0 radical (unpaired) electrons. The third kappa shape index (κ3) is 6.39. The molecule has 4 nitrogen and oxygen atoms in total. The van der Waals surface area contributed by atoms with Crippen LogP contribution in [0.5, 0.6) is 0 Å². The number of aromatic nitrogens is 2. The van der Waals surface area contributed by atoms with Gasteiger partial charge in [-0.05, 0) is 12.5 Å². The summed E-state index contributed by atoms with van der Waals surface area (Å²) >= 11 is 1.64. The number of rotatable bonds is 8.